The van der Waals surface area contributed by atoms with Gasteiger partial charge in [0, 0.05) is 16.1 Å². The molecule has 5 nitrogen and oxygen atoms in total. The first-order valence-corrected chi connectivity index (χ1v) is 8.47. The van der Waals surface area contributed by atoms with Crippen LogP contribution in [-0.2, 0) is 16.1 Å². The Bertz CT molecular complexity index is 816. The Morgan fingerprint density at radius 2 is 1.81 bits per heavy atom. The summed E-state index contributed by atoms with van der Waals surface area (Å²) in [4.78, 5) is 23.8. The van der Waals surface area contributed by atoms with Gasteiger partial charge >= 0.3 is 5.97 Å². The van der Waals surface area contributed by atoms with Crippen LogP contribution >= 0.6 is 11.6 Å². The Hall–Kier alpha value is -2.53. The number of carbonyl (C=O) groups is 2. The van der Waals surface area contributed by atoms with Crippen LogP contribution in [0.25, 0.3) is 0 Å². The number of rotatable bonds is 7. The molecule has 0 aliphatic rings. The van der Waals surface area contributed by atoms with Crippen molar-refractivity contribution in [2.45, 2.75) is 33.5 Å². The second-order valence-corrected chi connectivity index (χ2v) is 6.30. The number of aryl methyl sites for hydroxylation is 1. The van der Waals surface area contributed by atoms with Crippen LogP contribution in [-0.4, -0.2) is 25.0 Å². The van der Waals surface area contributed by atoms with Crippen LogP contribution in [0.1, 0.15) is 35.3 Å². The Kier molecular flexibility index (Phi) is 6.64. The molecule has 0 spiro atoms. The standard InChI is InChI=1S/C20H21ClO5/c1-12-9-17(21)6-8-18(12)26-14(3)20(23)25-11-16-10-15(13(2)22)5-7-19(16)24-4/h5-10,14H,11H2,1-4H3. The van der Waals surface area contributed by atoms with E-state index in [1.54, 1.807) is 43.3 Å². The second kappa shape index (κ2) is 8.72. The molecule has 2 rings (SSSR count). The van der Waals surface area contributed by atoms with E-state index < -0.39 is 12.1 Å². The molecular weight excluding hydrogens is 356 g/mol. The molecule has 2 aromatic rings. The maximum absolute atomic E-state index is 12.2. The van der Waals surface area contributed by atoms with Gasteiger partial charge in [0.25, 0.3) is 0 Å². The van der Waals surface area contributed by atoms with E-state index in [0.717, 1.165) is 5.56 Å². The van der Waals surface area contributed by atoms with Gasteiger partial charge in [0.15, 0.2) is 11.9 Å². The second-order valence-electron chi connectivity index (χ2n) is 5.86. The molecule has 0 fully saturated rings. The Labute approximate surface area is 157 Å². The van der Waals surface area contributed by atoms with Gasteiger partial charge in [0.2, 0.25) is 0 Å². The average molecular weight is 377 g/mol. The number of Topliss-reactive ketones (excluding diaryl/α,β-unsaturated/α-hetero) is 1. The summed E-state index contributed by atoms with van der Waals surface area (Å²) < 4.78 is 16.2. The van der Waals surface area contributed by atoms with Crippen molar-refractivity contribution >= 4 is 23.4 Å². The number of methoxy groups -OCH3 is 1. The molecule has 138 valence electrons. The summed E-state index contributed by atoms with van der Waals surface area (Å²) in [6, 6.07) is 10.2. The molecule has 0 radical (unpaired) electrons. The summed E-state index contributed by atoms with van der Waals surface area (Å²) in [5, 5.41) is 0.600. The summed E-state index contributed by atoms with van der Waals surface area (Å²) in [6.07, 6.45) is -0.795. The quantitative estimate of drug-likeness (QED) is 0.530. The van der Waals surface area contributed by atoms with Crippen molar-refractivity contribution in [1.82, 2.24) is 0 Å². The molecule has 2 aromatic carbocycles. The van der Waals surface area contributed by atoms with E-state index in [0.29, 0.717) is 27.6 Å². The maximum Gasteiger partial charge on any atom is 0.347 e. The number of ketones is 1. The fourth-order valence-electron chi connectivity index (χ4n) is 2.36. The summed E-state index contributed by atoms with van der Waals surface area (Å²) in [5.74, 6) is 0.518. The minimum absolute atomic E-state index is 0.0174. The van der Waals surface area contributed by atoms with Gasteiger partial charge in [-0.15, -0.1) is 0 Å². The van der Waals surface area contributed by atoms with Crippen molar-refractivity contribution in [2.75, 3.05) is 7.11 Å². The third-order valence-corrected chi connectivity index (χ3v) is 4.06. The van der Waals surface area contributed by atoms with E-state index in [1.165, 1.54) is 14.0 Å². The van der Waals surface area contributed by atoms with Crippen LogP contribution < -0.4 is 9.47 Å². The lowest BCUT2D eigenvalue weighted by molar-refractivity contribution is -0.152. The van der Waals surface area contributed by atoms with Gasteiger partial charge in [-0.05, 0) is 62.7 Å². The lowest BCUT2D eigenvalue weighted by Gasteiger charge is -2.16. The number of ether oxygens (including phenoxy) is 3. The van der Waals surface area contributed by atoms with Gasteiger partial charge in [-0.3, -0.25) is 4.79 Å². The zero-order valence-electron chi connectivity index (χ0n) is 15.2. The molecule has 0 amide bonds. The van der Waals surface area contributed by atoms with E-state index in [4.69, 9.17) is 25.8 Å². The normalized spacial score (nSPS) is 11.6. The van der Waals surface area contributed by atoms with E-state index in [1.807, 2.05) is 6.92 Å². The van der Waals surface area contributed by atoms with Crippen LogP contribution in [0.2, 0.25) is 5.02 Å². The van der Waals surface area contributed by atoms with Crippen molar-refractivity contribution in [3.8, 4) is 11.5 Å². The monoisotopic (exact) mass is 376 g/mol. The number of benzene rings is 2. The number of hydrogen-bond donors (Lipinski definition) is 0. The molecule has 1 unspecified atom stereocenters. The third-order valence-electron chi connectivity index (χ3n) is 3.83. The van der Waals surface area contributed by atoms with Gasteiger partial charge in [0.05, 0.1) is 7.11 Å². The van der Waals surface area contributed by atoms with E-state index in [-0.39, 0.29) is 12.4 Å². The molecular formula is C20H21ClO5. The van der Waals surface area contributed by atoms with Gasteiger partial charge in [-0.2, -0.15) is 0 Å². The van der Waals surface area contributed by atoms with Crippen molar-refractivity contribution in [1.29, 1.82) is 0 Å². The number of hydrogen-bond acceptors (Lipinski definition) is 5. The lowest BCUT2D eigenvalue weighted by Crippen LogP contribution is -2.26. The van der Waals surface area contributed by atoms with Gasteiger partial charge in [-0.1, -0.05) is 11.6 Å². The molecule has 0 heterocycles. The minimum Gasteiger partial charge on any atom is -0.496 e. The van der Waals surface area contributed by atoms with Crippen LogP contribution in [0.5, 0.6) is 11.5 Å². The van der Waals surface area contributed by atoms with Crippen LogP contribution in [0, 0.1) is 6.92 Å². The van der Waals surface area contributed by atoms with Crippen molar-refractivity contribution in [3.05, 3.63) is 58.1 Å². The van der Waals surface area contributed by atoms with Gasteiger partial charge in [-0.25, -0.2) is 4.79 Å². The maximum atomic E-state index is 12.2. The third kappa shape index (κ3) is 4.99. The first kappa shape index (κ1) is 19.8. The van der Waals surface area contributed by atoms with Crippen molar-refractivity contribution < 1.29 is 23.8 Å². The molecule has 6 heteroatoms. The fraction of sp³-hybridized carbons (Fsp3) is 0.300. The summed E-state index contributed by atoms with van der Waals surface area (Å²) in [6.45, 7) is 4.91. The molecule has 0 saturated carbocycles. The summed E-state index contributed by atoms with van der Waals surface area (Å²) >= 11 is 5.91. The highest BCUT2D eigenvalue weighted by molar-refractivity contribution is 6.30. The van der Waals surface area contributed by atoms with Crippen LogP contribution in [0.4, 0.5) is 0 Å². The SMILES string of the molecule is COc1ccc(C(C)=O)cc1COC(=O)C(C)Oc1ccc(Cl)cc1C. The van der Waals surface area contributed by atoms with E-state index in [2.05, 4.69) is 0 Å². The minimum atomic E-state index is -0.795. The molecule has 0 aliphatic carbocycles. The first-order chi connectivity index (χ1) is 12.3. The van der Waals surface area contributed by atoms with Gasteiger partial charge < -0.3 is 14.2 Å². The number of halogens is 1. The molecule has 1 atom stereocenters. The topological polar surface area (TPSA) is 61.8 Å². The largest absolute Gasteiger partial charge is 0.496 e. The number of carbonyl (C=O) groups excluding carboxylic acids is 2. The zero-order chi connectivity index (χ0) is 19.3. The Morgan fingerprint density at radius 1 is 1.12 bits per heavy atom. The first-order valence-electron chi connectivity index (χ1n) is 8.09. The smallest absolute Gasteiger partial charge is 0.347 e. The van der Waals surface area contributed by atoms with E-state index >= 15 is 0 Å². The highest BCUT2D eigenvalue weighted by atomic mass is 35.5. The molecule has 0 N–H and O–H groups in total. The molecule has 0 bridgehead atoms. The molecule has 0 saturated heterocycles. The van der Waals surface area contributed by atoms with Crippen molar-refractivity contribution in [3.63, 3.8) is 0 Å². The zero-order valence-corrected chi connectivity index (χ0v) is 15.9. The fourth-order valence-corrected chi connectivity index (χ4v) is 2.59. The summed E-state index contributed by atoms with van der Waals surface area (Å²) in [5.41, 5.74) is 1.97. The van der Waals surface area contributed by atoms with Crippen molar-refractivity contribution in [2.24, 2.45) is 0 Å². The molecule has 0 aliphatic heterocycles. The lowest BCUT2D eigenvalue weighted by atomic mass is 10.1. The van der Waals surface area contributed by atoms with Gasteiger partial charge in [0.1, 0.15) is 18.1 Å². The molecule has 0 aromatic heterocycles. The Balaban J connectivity index is 2.03. The summed E-state index contributed by atoms with van der Waals surface area (Å²) in [7, 11) is 1.52. The average Bonchev–Trinajstić information content (AvgIpc) is 2.61. The highest BCUT2D eigenvalue weighted by Crippen LogP contribution is 2.24. The highest BCUT2D eigenvalue weighted by Gasteiger charge is 2.18. The van der Waals surface area contributed by atoms with E-state index in [9.17, 15) is 9.59 Å². The van der Waals surface area contributed by atoms with Crippen LogP contribution in [0.15, 0.2) is 36.4 Å². The Morgan fingerprint density at radius 3 is 2.42 bits per heavy atom. The predicted octanol–water partition coefficient (Wildman–Crippen LogP) is 4.37. The van der Waals surface area contributed by atoms with Crippen LogP contribution in [0.3, 0.4) is 0 Å². The predicted molar refractivity (Wildman–Crippen MR) is 99.1 cm³/mol. The number of esters is 1. The molecule has 26 heavy (non-hydrogen) atoms.